The highest BCUT2D eigenvalue weighted by molar-refractivity contribution is 5.03. The van der Waals surface area contributed by atoms with Gasteiger partial charge in [0.05, 0.1) is 0 Å². The Balaban J connectivity index is 2.18. The minimum absolute atomic E-state index is 0.237. The monoisotopic (exact) mass is 269 g/mol. The van der Waals surface area contributed by atoms with Crippen LogP contribution in [-0.2, 0) is 10.3 Å². The van der Waals surface area contributed by atoms with E-state index in [2.05, 4.69) is 10.1 Å². The number of ether oxygens (including phenoxy) is 1. The molecule has 0 bridgehead atoms. The number of methoxy groups -OCH3 is 1. The average molecular weight is 269 g/mol. The van der Waals surface area contributed by atoms with E-state index in [1.165, 1.54) is 12.8 Å². The van der Waals surface area contributed by atoms with Crippen LogP contribution in [0.25, 0.3) is 0 Å². The van der Waals surface area contributed by atoms with Crippen molar-refractivity contribution < 1.29 is 14.4 Å². The second-order valence-electron chi connectivity index (χ2n) is 5.16. The minimum Gasteiger partial charge on any atom is -0.383 e. The number of hydrogen-bond acceptors (Lipinski definition) is 6. The molecule has 1 heterocycles. The van der Waals surface area contributed by atoms with Crippen LogP contribution in [0.15, 0.2) is 4.52 Å². The first kappa shape index (κ1) is 14.4. The molecule has 1 atom stereocenters. The van der Waals surface area contributed by atoms with E-state index in [0.29, 0.717) is 18.8 Å². The smallest absolute Gasteiger partial charge is 0.255 e. The standard InChI is InChI=1S/C13H23N3O3/c1-18-13(7-4-2-3-5-8-13)12-15-11(19-16-12)10(17)6-9-14/h10,17H,2-9,14H2,1H3/t10-/m0/s1. The van der Waals surface area contributed by atoms with Gasteiger partial charge in [0.2, 0.25) is 5.82 Å². The predicted molar refractivity (Wildman–Crippen MR) is 69.3 cm³/mol. The number of aliphatic hydroxyl groups is 1. The van der Waals surface area contributed by atoms with Gasteiger partial charge in [-0.05, 0) is 25.8 Å². The Bertz CT molecular complexity index is 386. The van der Waals surface area contributed by atoms with Gasteiger partial charge in [0.25, 0.3) is 5.89 Å². The molecule has 0 radical (unpaired) electrons. The molecule has 0 saturated heterocycles. The lowest BCUT2D eigenvalue weighted by molar-refractivity contribution is -0.0365. The van der Waals surface area contributed by atoms with Crippen molar-refractivity contribution in [2.45, 2.75) is 56.7 Å². The second-order valence-corrected chi connectivity index (χ2v) is 5.16. The van der Waals surface area contributed by atoms with Crippen LogP contribution in [-0.4, -0.2) is 28.9 Å². The van der Waals surface area contributed by atoms with E-state index in [-0.39, 0.29) is 5.89 Å². The summed E-state index contributed by atoms with van der Waals surface area (Å²) in [6, 6.07) is 0. The summed E-state index contributed by atoms with van der Waals surface area (Å²) in [5.41, 5.74) is 4.96. The summed E-state index contributed by atoms with van der Waals surface area (Å²) in [7, 11) is 1.69. The van der Waals surface area contributed by atoms with E-state index in [9.17, 15) is 5.11 Å². The van der Waals surface area contributed by atoms with Gasteiger partial charge in [-0.1, -0.05) is 30.8 Å². The molecule has 1 aromatic rings. The Hall–Kier alpha value is -0.980. The van der Waals surface area contributed by atoms with Crippen LogP contribution in [0.2, 0.25) is 0 Å². The number of hydrogen-bond donors (Lipinski definition) is 2. The molecule has 1 aliphatic rings. The maximum Gasteiger partial charge on any atom is 0.255 e. The van der Waals surface area contributed by atoms with Gasteiger partial charge in [-0.2, -0.15) is 4.98 Å². The van der Waals surface area contributed by atoms with Gasteiger partial charge in [0.1, 0.15) is 11.7 Å². The molecule has 1 aromatic heterocycles. The molecule has 0 aromatic carbocycles. The Morgan fingerprint density at radius 1 is 1.37 bits per heavy atom. The summed E-state index contributed by atoms with van der Waals surface area (Å²) in [6.07, 6.45) is 6.06. The highest BCUT2D eigenvalue weighted by atomic mass is 16.5. The predicted octanol–water partition coefficient (Wildman–Crippen LogP) is 1.65. The number of nitrogens with two attached hydrogens (primary N) is 1. The Labute approximate surface area is 113 Å². The normalized spacial score (nSPS) is 21.0. The maximum absolute atomic E-state index is 9.83. The fraction of sp³-hybridized carbons (Fsp3) is 0.846. The summed E-state index contributed by atoms with van der Waals surface area (Å²) in [5.74, 6) is 0.795. The Morgan fingerprint density at radius 3 is 2.63 bits per heavy atom. The number of rotatable bonds is 5. The van der Waals surface area contributed by atoms with Crippen molar-refractivity contribution in [3.63, 3.8) is 0 Å². The number of nitrogens with zero attached hydrogens (tertiary/aromatic N) is 2. The van der Waals surface area contributed by atoms with E-state index < -0.39 is 11.7 Å². The van der Waals surface area contributed by atoms with Gasteiger partial charge in [-0.15, -0.1) is 0 Å². The van der Waals surface area contributed by atoms with E-state index in [1.807, 2.05) is 0 Å². The van der Waals surface area contributed by atoms with Crippen LogP contribution in [0, 0.1) is 0 Å². The molecule has 19 heavy (non-hydrogen) atoms. The molecule has 1 fully saturated rings. The summed E-state index contributed by atoms with van der Waals surface area (Å²) in [4.78, 5) is 4.33. The molecule has 2 rings (SSSR count). The zero-order valence-electron chi connectivity index (χ0n) is 11.5. The lowest BCUT2D eigenvalue weighted by Gasteiger charge is -2.27. The van der Waals surface area contributed by atoms with E-state index in [4.69, 9.17) is 15.0 Å². The number of aliphatic hydroxyl groups excluding tert-OH is 1. The van der Waals surface area contributed by atoms with Gasteiger partial charge in [0, 0.05) is 7.11 Å². The average Bonchev–Trinajstić information content (AvgIpc) is 2.79. The van der Waals surface area contributed by atoms with Crippen molar-refractivity contribution in [3.8, 4) is 0 Å². The van der Waals surface area contributed by atoms with E-state index in [0.717, 1.165) is 25.7 Å². The first-order chi connectivity index (χ1) is 9.22. The van der Waals surface area contributed by atoms with Crippen LogP contribution in [0.4, 0.5) is 0 Å². The summed E-state index contributed by atoms with van der Waals surface area (Å²) in [5, 5.41) is 13.8. The summed E-state index contributed by atoms with van der Waals surface area (Å²) >= 11 is 0. The first-order valence-corrected chi connectivity index (χ1v) is 6.99. The van der Waals surface area contributed by atoms with Crippen molar-refractivity contribution in [2.75, 3.05) is 13.7 Å². The van der Waals surface area contributed by atoms with Crippen LogP contribution in [0.5, 0.6) is 0 Å². The van der Waals surface area contributed by atoms with E-state index >= 15 is 0 Å². The molecule has 108 valence electrons. The fourth-order valence-electron chi connectivity index (χ4n) is 2.66. The van der Waals surface area contributed by atoms with Gasteiger partial charge in [0.15, 0.2) is 0 Å². The van der Waals surface area contributed by atoms with Gasteiger partial charge in [-0.3, -0.25) is 0 Å². The van der Waals surface area contributed by atoms with Crippen molar-refractivity contribution in [1.29, 1.82) is 0 Å². The zero-order valence-corrected chi connectivity index (χ0v) is 11.5. The molecule has 6 heteroatoms. The van der Waals surface area contributed by atoms with Crippen LogP contribution in [0.1, 0.15) is 62.8 Å². The van der Waals surface area contributed by atoms with Gasteiger partial charge in [-0.25, -0.2) is 0 Å². The minimum atomic E-state index is -0.786. The largest absolute Gasteiger partial charge is 0.383 e. The summed E-state index contributed by atoms with van der Waals surface area (Å²) in [6.45, 7) is 0.383. The molecule has 0 spiro atoms. The molecule has 6 nitrogen and oxygen atoms in total. The molecular weight excluding hydrogens is 246 g/mol. The molecular formula is C13H23N3O3. The van der Waals surface area contributed by atoms with Crippen molar-refractivity contribution in [3.05, 3.63) is 11.7 Å². The second kappa shape index (κ2) is 6.45. The quantitative estimate of drug-likeness (QED) is 0.789. The van der Waals surface area contributed by atoms with Crippen LogP contribution in [0.3, 0.4) is 0 Å². The fourth-order valence-corrected chi connectivity index (χ4v) is 2.66. The van der Waals surface area contributed by atoms with E-state index in [1.54, 1.807) is 7.11 Å². The first-order valence-electron chi connectivity index (χ1n) is 6.99. The Kier molecular flexibility index (Phi) is 4.90. The third-order valence-electron chi connectivity index (χ3n) is 3.88. The highest BCUT2D eigenvalue weighted by Gasteiger charge is 2.38. The van der Waals surface area contributed by atoms with Crippen LogP contribution >= 0.6 is 0 Å². The molecule has 1 aliphatic carbocycles. The lowest BCUT2D eigenvalue weighted by atomic mass is 9.93. The van der Waals surface area contributed by atoms with Crippen LogP contribution < -0.4 is 5.73 Å². The molecule has 0 aliphatic heterocycles. The molecule has 0 unspecified atom stereocenters. The SMILES string of the molecule is COC1(c2noc([C@@H](O)CCN)n2)CCCCCC1. The topological polar surface area (TPSA) is 94.4 Å². The highest BCUT2D eigenvalue weighted by Crippen LogP contribution is 2.37. The summed E-state index contributed by atoms with van der Waals surface area (Å²) < 4.78 is 10.9. The van der Waals surface area contributed by atoms with Crippen molar-refractivity contribution in [1.82, 2.24) is 10.1 Å². The van der Waals surface area contributed by atoms with Gasteiger partial charge >= 0.3 is 0 Å². The van der Waals surface area contributed by atoms with Gasteiger partial charge < -0.3 is 20.1 Å². The molecule has 3 N–H and O–H groups in total. The third kappa shape index (κ3) is 3.13. The molecule has 0 amide bonds. The van der Waals surface area contributed by atoms with Crippen molar-refractivity contribution >= 4 is 0 Å². The molecule has 1 saturated carbocycles. The maximum atomic E-state index is 9.83. The third-order valence-corrected chi connectivity index (χ3v) is 3.88. The van der Waals surface area contributed by atoms with Crippen molar-refractivity contribution in [2.24, 2.45) is 5.73 Å². The Morgan fingerprint density at radius 2 is 2.05 bits per heavy atom. The zero-order chi connectivity index (χ0) is 13.7. The lowest BCUT2D eigenvalue weighted by Crippen LogP contribution is -2.29. The number of aromatic nitrogens is 2.